The molecular formula is C19H20. The van der Waals surface area contributed by atoms with Crippen LogP contribution in [-0.4, -0.2) is 0 Å². The Morgan fingerprint density at radius 3 is 1.47 bits per heavy atom. The Hall–Kier alpha value is -2.08. The van der Waals surface area contributed by atoms with Crippen molar-refractivity contribution in [1.29, 1.82) is 0 Å². The summed E-state index contributed by atoms with van der Waals surface area (Å²) in [6.45, 7) is 12.3. The van der Waals surface area contributed by atoms with Crippen LogP contribution in [0.3, 0.4) is 0 Å². The summed E-state index contributed by atoms with van der Waals surface area (Å²) in [7, 11) is 0. The lowest BCUT2D eigenvalue weighted by Gasteiger charge is -2.29. The van der Waals surface area contributed by atoms with E-state index in [4.69, 9.17) is 0 Å². The number of hydrogen-bond acceptors (Lipinski definition) is 0. The van der Waals surface area contributed by atoms with E-state index in [1.54, 1.807) is 0 Å². The maximum atomic E-state index is 3.92. The fourth-order valence-corrected chi connectivity index (χ4v) is 2.63. The van der Waals surface area contributed by atoms with Crippen molar-refractivity contribution in [1.82, 2.24) is 0 Å². The smallest absolute Gasteiger partial charge is 0.0158 e. The van der Waals surface area contributed by atoms with Crippen LogP contribution in [0.5, 0.6) is 0 Å². The molecule has 2 aromatic carbocycles. The van der Waals surface area contributed by atoms with E-state index in [9.17, 15) is 0 Å². The van der Waals surface area contributed by atoms with Crippen LogP contribution in [0.2, 0.25) is 0 Å². The second kappa shape index (κ2) is 5.27. The van der Waals surface area contributed by atoms with Crippen LogP contribution in [0.25, 0.3) is 12.2 Å². The van der Waals surface area contributed by atoms with Gasteiger partial charge in [0.1, 0.15) is 0 Å². The molecule has 0 nitrogen and oxygen atoms in total. The molecule has 0 saturated carbocycles. The zero-order valence-corrected chi connectivity index (χ0v) is 11.7. The maximum Gasteiger partial charge on any atom is 0.0158 e. The molecule has 0 atom stereocenters. The molecule has 0 fully saturated rings. The fraction of sp³-hybridized carbons (Fsp3) is 0.158. The minimum absolute atomic E-state index is 0.0738. The lowest BCUT2D eigenvalue weighted by molar-refractivity contribution is 0.638. The van der Waals surface area contributed by atoms with Gasteiger partial charge in [-0.25, -0.2) is 0 Å². The van der Waals surface area contributed by atoms with Gasteiger partial charge in [-0.15, -0.1) is 0 Å². The summed E-state index contributed by atoms with van der Waals surface area (Å²) < 4.78 is 0. The first kappa shape index (κ1) is 13.4. The van der Waals surface area contributed by atoms with Crippen LogP contribution in [-0.2, 0) is 5.41 Å². The Balaban J connectivity index is 2.64. The van der Waals surface area contributed by atoms with E-state index >= 15 is 0 Å². The van der Waals surface area contributed by atoms with Crippen molar-refractivity contribution in [2.75, 3.05) is 0 Å². The van der Waals surface area contributed by atoms with Crippen molar-refractivity contribution >= 4 is 12.2 Å². The van der Waals surface area contributed by atoms with E-state index < -0.39 is 0 Å². The Morgan fingerprint density at radius 1 is 0.737 bits per heavy atom. The average molecular weight is 248 g/mol. The van der Waals surface area contributed by atoms with E-state index in [1.807, 2.05) is 12.2 Å². The molecule has 0 aromatic heterocycles. The van der Waals surface area contributed by atoms with Crippen LogP contribution in [0.4, 0.5) is 0 Å². The minimum atomic E-state index is -0.0738. The lowest BCUT2D eigenvalue weighted by atomic mass is 9.74. The highest BCUT2D eigenvalue weighted by Gasteiger charge is 2.26. The Morgan fingerprint density at radius 2 is 1.11 bits per heavy atom. The topological polar surface area (TPSA) is 0 Å². The van der Waals surface area contributed by atoms with Gasteiger partial charge in [-0.1, -0.05) is 87.7 Å². The third-order valence-corrected chi connectivity index (χ3v) is 3.71. The quantitative estimate of drug-likeness (QED) is 0.689. The minimum Gasteiger partial charge on any atom is -0.0985 e. The van der Waals surface area contributed by atoms with Crippen molar-refractivity contribution < 1.29 is 0 Å². The molecule has 0 radical (unpaired) electrons. The molecule has 2 rings (SSSR count). The number of benzene rings is 2. The van der Waals surface area contributed by atoms with E-state index in [2.05, 4.69) is 75.5 Å². The Labute approximate surface area is 116 Å². The highest BCUT2D eigenvalue weighted by atomic mass is 14.3. The molecule has 0 heterocycles. The Bertz CT molecular complexity index is 549. The summed E-state index contributed by atoms with van der Waals surface area (Å²) in [5.74, 6) is 0. The SMILES string of the molecule is C=Cc1ccccc1C(C)(C)c1ccccc1C=C. The van der Waals surface area contributed by atoms with E-state index in [1.165, 1.54) is 22.3 Å². The molecule has 0 bridgehead atoms. The second-order valence-corrected chi connectivity index (χ2v) is 5.21. The molecule has 0 amide bonds. The van der Waals surface area contributed by atoms with Crippen molar-refractivity contribution in [2.24, 2.45) is 0 Å². The molecule has 0 unspecified atom stereocenters. The largest absolute Gasteiger partial charge is 0.0985 e. The summed E-state index contributed by atoms with van der Waals surface area (Å²) in [5, 5.41) is 0. The van der Waals surface area contributed by atoms with Crippen LogP contribution in [0, 0.1) is 0 Å². The summed E-state index contributed by atoms with van der Waals surface area (Å²) in [6, 6.07) is 16.8. The first-order valence-corrected chi connectivity index (χ1v) is 6.55. The summed E-state index contributed by atoms with van der Waals surface area (Å²) >= 11 is 0. The van der Waals surface area contributed by atoms with Crippen molar-refractivity contribution in [2.45, 2.75) is 19.3 Å². The zero-order chi connectivity index (χ0) is 13.9. The third kappa shape index (κ3) is 2.39. The summed E-state index contributed by atoms with van der Waals surface area (Å²) in [6.07, 6.45) is 3.85. The van der Waals surface area contributed by atoms with Gasteiger partial charge in [0.05, 0.1) is 0 Å². The molecule has 0 aliphatic heterocycles. The molecule has 0 saturated heterocycles. The van der Waals surface area contributed by atoms with E-state index in [0.29, 0.717) is 0 Å². The summed E-state index contributed by atoms with van der Waals surface area (Å²) in [5.41, 5.74) is 4.88. The van der Waals surface area contributed by atoms with Gasteiger partial charge in [-0.05, 0) is 22.3 Å². The van der Waals surface area contributed by atoms with Crippen LogP contribution >= 0.6 is 0 Å². The van der Waals surface area contributed by atoms with Crippen molar-refractivity contribution in [3.8, 4) is 0 Å². The standard InChI is InChI=1S/C19H20/c1-5-15-11-7-9-13-17(15)19(3,4)18-14-10-8-12-16(18)6-2/h5-14H,1-2H2,3-4H3. The van der Waals surface area contributed by atoms with Gasteiger partial charge in [-0.3, -0.25) is 0 Å². The molecule has 0 aliphatic carbocycles. The molecule has 0 heteroatoms. The Kier molecular flexibility index (Phi) is 3.71. The van der Waals surface area contributed by atoms with Crippen LogP contribution < -0.4 is 0 Å². The van der Waals surface area contributed by atoms with Crippen molar-refractivity contribution in [3.63, 3.8) is 0 Å². The first-order chi connectivity index (χ1) is 9.11. The molecule has 19 heavy (non-hydrogen) atoms. The maximum absolute atomic E-state index is 3.92. The van der Waals surface area contributed by atoms with Gasteiger partial charge in [0, 0.05) is 5.41 Å². The fourth-order valence-electron chi connectivity index (χ4n) is 2.63. The monoisotopic (exact) mass is 248 g/mol. The van der Waals surface area contributed by atoms with Gasteiger partial charge in [0.25, 0.3) is 0 Å². The zero-order valence-electron chi connectivity index (χ0n) is 11.7. The summed E-state index contributed by atoms with van der Waals surface area (Å²) in [4.78, 5) is 0. The molecule has 0 aliphatic rings. The predicted octanol–water partition coefficient (Wildman–Crippen LogP) is 5.30. The van der Waals surface area contributed by atoms with Gasteiger partial charge in [0.15, 0.2) is 0 Å². The number of hydrogen-bond donors (Lipinski definition) is 0. The first-order valence-electron chi connectivity index (χ1n) is 6.55. The van der Waals surface area contributed by atoms with E-state index in [0.717, 1.165) is 0 Å². The van der Waals surface area contributed by atoms with Gasteiger partial charge in [-0.2, -0.15) is 0 Å². The highest BCUT2D eigenvalue weighted by Crippen LogP contribution is 2.36. The van der Waals surface area contributed by atoms with Crippen LogP contribution in [0.15, 0.2) is 61.7 Å². The predicted molar refractivity (Wildman–Crippen MR) is 85.2 cm³/mol. The third-order valence-electron chi connectivity index (χ3n) is 3.71. The second-order valence-electron chi connectivity index (χ2n) is 5.21. The number of rotatable bonds is 4. The normalized spacial score (nSPS) is 11.1. The van der Waals surface area contributed by atoms with E-state index in [-0.39, 0.29) is 5.41 Å². The van der Waals surface area contributed by atoms with Gasteiger partial charge in [0.2, 0.25) is 0 Å². The van der Waals surface area contributed by atoms with Crippen molar-refractivity contribution in [3.05, 3.63) is 83.9 Å². The molecule has 96 valence electrons. The highest BCUT2D eigenvalue weighted by molar-refractivity contribution is 5.61. The molecule has 0 spiro atoms. The van der Waals surface area contributed by atoms with Gasteiger partial charge < -0.3 is 0 Å². The average Bonchev–Trinajstić information content (AvgIpc) is 2.47. The lowest BCUT2D eigenvalue weighted by Crippen LogP contribution is -2.21. The van der Waals surface area contributed by atoms with Crippen LogP contribution in [0.1, 0.15) is 36.1 Å². The molecular weight excluding hydrogens is 228 g/mol. The van der Waals surface area contributed by atoms with Gasteiger partial charge >= 0.3 is 0 Å². The molecule has 2 aromatic rings. The molecule has 0 N–H and O–H groups in total.